The summed E-state index contributed by atoms with van der Waals surface area (Å²) in [7, 11) is -8.92. The van der Waals surface area contributed by atoms with Gasteiger partial charge in [-0.3, -0.25) is 4.79 Å². The molecule has 194 valence electrons. The molecule has 0 rings (SSSR count). The van der Waals surface area contributed by atoms with Crippen LogP contribution in [0.1, 0.15) is 12.8 Å². The summed E-state index contributed by atoms with van der Waals surface area (Å²) in [5, 5.41) is 18.0. The summed E-state index contributed by atoms with van der Waals surface area (Å²) in [5.41, 5.74) is -0.0833. The van der Waals surface area contributed by atoms with Crippen LogP contribution in [0.5, 0.6) is 0 Å². The zero-order chi connectivity index (χ0) is 26.1. The minimum Gasteiger partial charge on any atom is -0.465 e. The van der Waals surface area contributed by atoms with E-state index in [-0.39, 0.29) is 25.2 Å². The van der Waals surface area contributed by atoms with Crippen molar-refractivity contribution >= 4 is 45.7 Å². The van der Waals surface area contributed by atoms with E-state index in [0.717, 1.165) is 0 Å². The molecule has 0 aromatic heterocycles. The number of carbonyl (C=O) groups excluding carboxylic acids is 2. The molecule has 0 aromatic carbocycles. The predicted molar refractivity (Wildman–Crippen MR) is 137 cm³/mol. The highest BCUT2D eigenvalue weighted by molar-refractivity contribution is 6.90. The molecule has 1 unspecified atom stereocenters. The van der Waals surface area contributed by atoms with Crippen molar-refractivity contribution in [1.82, 2.24) is 0 Å². The van der Waals surface area contributed by atoms with E-state index in [1.807, 2.05) is 0 Å². The molecule has 0 aliphatic heterocycles. The van der Waals surface area contributed by atoms with E-state index in [1.54, 1.807) is 0 Å². The van der Waals surface area contributed by atoms with Crippen molar-refractivity contribution in [1.29, 1.82) is 0 Å². The lowest BCUT2D eigenvalue weighted by molar-refractivity contribution is -0.147. The minimum atomic E-state index is -2.99. The summed E-state index contributed by atoms with van der Waals surface area (Å²) in [6.07, 6.45) is -0.983. The first-order valence-corrected chi connectivity index (χ1v) is 23.3. The van der Waals surface area contributed by atoms with Crippen LogP contribution in [0, 0.1) is 0 Å². The second-order valence-electron chi connectivity index (χ2n) is 10.9. The second-order valence-corrected chi connectivity index (χ2v) is 27.9. The summed E-state index contributed by atoms with van der Waals surface area (Å²) in [4.78, 5) is 23.9. The van der Waals surface area contributed by atoms with E-state index in [4.69, 9.17) is 26.9 Å². The van der Waals surface area contributed by atoms with E-state index in [1.165, 1.54) is 0 Å². The van der Waals surface area contributed by atoms with Crippen molar-refractivity contribution in [2.75, 3.05) is 19.8 Å². The number of esters is 2. The Morgan fingerprint density at radius 3 is 1.70 bits per heavy atom. The number of carbonyl (C=O) groups is 2. The molecule has 0 aromatic rings. The Morgan fingerprint density at radius 2 is 1.30 bits per heavy atom. The van der Waals surface area contributed by atoms with Gasteiger partial charge in [-0.1, -0.05) is 6.58 Å². The summed E-state index contributed by atoms with van der Waals surface area (Å²) in [6.45, 7) is 21.8. The molecule has 0 amide bonds. The molecule has 33 heavy (non-hydrogen) atoms. The molecular formula is C20H44O9Si4. The third-order valence-corrected chi connectivity index (χ3v) is 15.6. The molecular weight excluding hydrogens is 497 g/mol. The van der Waals surface area contributed by atoms with Gasteiger partial charge in [0, 0.05) is 11.6 Å². The van der Waals surface area contributed by atoms with Gasteiger partial charge in [0.05, 0.1) is 19.6 Å². The van der Waals surface area contributed by atoms with Gasteiger partial charge in [-0.05, 0) is 65.3 Å². The second kappa shape index (κ2) is 13.4. The van der Waals surface area contributed by atoms with Crippen LogP contribution in [-0.2, 0) is 31.4 Å². The number of hydrogen-bond acceptors (Lipinski definition) is 9. The van der Waals surface area contributed by atoms with Gasteiger partial charge in [-0.2, -0.15) is 0 Å². The molecule has 0 aliphatic carbocycles. The summed E-state index contributed by atoms with van der Waals surface area (Å²) < 4.78 is 29.8. The van der Waals surface area contributed by atoms with E-state index in [0.29, 0.717) is 12.5 Å². The zero-order valence-electron chi connectivity index (χ0n) is 21.8. The van der Waals surface area contributed by atoms with Crippen molar-refractivity contribution in [2.24, 2.45) is 0 Å². The van der Waals surface area contributed by atoms with Crippen LogP contribution < -0.4 is 0 Å². The summed E-state index contributed by atoms with van der Waals surface area (Å²) in [5.74, 6) is -1.42. The molecule has 0 saturated heterocycles. The Labute approximate surface area is 203 Å². The van der Waals surface area contributed by atoms with E-state index in [2.05, 4.69) is 65.5 Å². The van der Waals surface area contributed by atoms with Gasteiger partial charge in [0.2, 0.25) is 0 Å². The molecule has 0 spiro atoms. The van der Waals surface area contributed by atoms with E-state index >= 15 is 0 Å². The molecule has 9 nitrogen and oxygen atoms in total. The van der Waals surface area contributed by atoms with E-state index < -0.39 is 58.4 Å². The highest BCUT2D eigenvalue weighted by Gasteiger charge is 2.49. The van der Waals surface area contributed by atoms with Crippen molar-refractivity contribution in [2.45, 2.75) is 83.9 Å². The van der Waals surface area contributed by atoms with Gasteiger partial charge in [0.1, 0.15) is 12.7 Å². The van der Waals surface area contributed by atoms with E-state index in [9.17, 15) is 14.7 Å². The van der Waals surface area contributed by atoms with Gasteiger partial charge < -0.3 is 32.0 Å². The first kappa shape index (κ1) is 32.3. The lowest BCUT2D eigenvalue weighted by Gasteiger charge is -2.42. The normalized spacial score (nSPS) is 14.0. The van der Waals surface area contributed by atoms with Crippen LogP contribution in [0.2, 0.25) is 65.0 Å². The number of rotatable bonds is 16. The molecule has 13 heteroatoms. The fourth-order valence-electron chi connectivity index (χ4n) is 2.71. The van der Waals surface area contributed by atoms with Gasteiger partial charge in [-0.15, -0.1) is 0 Å². The molecule has 0 saturated carbocycles. The third-order valence-electron chi connectivity index (χ3n) is 3.54. The van der Waals surface area contributed by atoms with Crippen molar-refractivity contribution < 1.29 is 41.6 Å². The van der Waals surface area contributed by atoms with Crippen LogP contribution in [0.3, 0.4) is 0 Å². The zero-order valence-corrected chi connectivity index (χ0v) is 25.8. The Morgan fingerprint density at radius 1 is 0.848 bits per heavy atom. The van der Waals surface area contributed by atoms with Crippen molar-refractivity contribution in [3.8, 4) is 0 Å². The predicted octanol–water partition coefficient (Wildman–Crippen LogP) is 3.26. The average Bonchev–Trinajstić information content (AvgIpc) is 2.58. The fourth-order valence-corrected chi connectivity index (χ4v) is 17.3. The lowest BCUT2D eigenvalue weighted by Crippen LogP contribution is -2.60. The highest BCUT2D eigenvalue weighted by atomic mass is 28.5. The minimum absolute atomic E-state index is 0.0833. The SMILES string of the molecule is C=C(CC(=O)OCCC[Si](O[Si](C)(C)C)(O[Si](C)(C)C)O[Si](C)(C)C)C(=O)OCC(O)CO. The highest BCUT2D eigenvalue weighted by Crippen LogP contribution is 2.29. The molecule has 0 aliphatic rings. The molecule has 1 atom stereocenters. The smallest absolute Gasteiger partial charge is 0.465 e. The number of aliphatic hydroxyl groups is 2. The maximum absolute atomic E-state index is 12.1. The molecule has 2 N–H and O–H groups in total. The monoisotopic (exact) mass is 540 g/mol. The molecule has 0 heterocycles. The van der Waals surface area contributed by atoms with Crippen LogP contribution in [-0.4, -0.2) is 81.8 Å². The molecule has 0 radical (unpaired) electrons. The van der Waals surface area contributed by atoms with Crippen molar-refractivity contribution in [3.63, 3.8) is 0 Å². The van der Waals surface area contributed by atoms with Crippen LogP contribution in [0.25, 0.3) is 0 Å². The molecule has 0 bridgehead atoms. The fraction of sp³-hybridized carbons (Fsp3) is 0.800. The standard InChI is InChI=1S/C20H44O9Si4/c1-17(20(24)26-16-18(22)15-21)14-19(23)25-12-11-13-33(27-30(2,3)4,28-31(5,6)7)29-32(8,9)10/h18,21-22H,1,11-16H2,2-10H3. The third kappa shape index (κ3) is 16.6. The summed E-state index contributed by atoms with van der Waals surface area (Å²) in [6, 6.07) is 0.543. The Balaban J connectivity index is 4.98. The number of aliphatic hydroxyl groups excluding tert-OH is 2. The Kier molecular flexibility index (Phi) is 13.2. The first-order valence-electron chi connectivity index (χ1n) is 11.2. The Bertz CT molecular complexity index is 611. The number of ether oxygens (including phenoxy) is 2. The summed E-state index contributed by atoms with van der Waals surface area (Å²) >= 11 is 0. The average molecular weight is 541 g/mol. The maximum atomic E-state index is 12.1. The van der Waals surface area contributed by atoms with Gasteiger partial charge in [0.15, 0.2) is 25.0 Å². The van der Waals surface area contributed by atoms with Gasteiger partial charge in [0.25, 0.3) is 0 Å². The van der Waals surface area contributed by atoms with Crippen molar-refractivity contribution in [3.05, 3.63) is 12.2 Å². The first-order chi connectivity index (χ1) is 14.8. The van der Waals surface area contributed by atoms with Crippen LogP contribution in [0.15, 0.2) is 12.2 Å². The van der Waals surface area contributed by atoms with Gasteiger partial charge in [-0.25, -0.2) is 4.79 Å². The van der Waals surface area contributed by atoms with Crippen LogP contribution in [0.4, 0.5) is 0 Å². The Hall–Kier alpha value is -0.652. The van der Waals surface area contributed by atoms with Gasteiger partial charge >= 0.3 is 20.7 Å². The topological polar surface area (TPSA) is 121 Å². The largest absolute Gasteiger partial charge is 0.469 e. The molecule has 0 fully saturated rings. The lowest BCUT2D eigenvalue weighted by atomic mass is 10.2. The van der Waals surface area contributed by atoms with Crippen LogP contribution >= 0.6 is 0 Å². The number of hydrogen-bond donors (Lipinski definition) is 2. The maximum Gasteiger partial charge on any atom is 0.469 e. The quantitative estimate of drug-likeness (QED) is 0.131.